The van der Waals surface area contributed by atoms with Gasteiger partial charge in [0.05, 0.1) is 15.8 Å². The molecule has 100 valence electrons. The first-order valence-corrected chi connectivity index (χ1v) is 7.77. The van der Waals surface area contributed by atoms with Crippen molar-refractivity contribution in [2.24, 2.45) is 5.41 Å². The number of rotatable bonds is 0. The lowest BCUT2D eigenvalue weighted by atomic mass is 9.91. The summed E-state index contributed by atoms with van der Waals surface area (Å²) in [5.41, 5.74) is 2.42. The van der Waals surface area contributed by atoms with Crippen molar-refractivity contribution >= 4 is 15.5 Å². The molecule has 0 fully saturated rings. The molecule has 0 saturated heterocycles. The molecule has 0 amide bonds. The van der Waals surface area contributed by atoms with Crippen LogP contribution in [-0.2, 0) is 9.84 Å². The van der Waals surface area contributed by atoms with E-state index >= 15 is 0 Å². The van der Waals surface area contributed by atoms with E-state index in [1.165, 1.54) is 0 Å². The van der Waals surface area contributed by atoms with Crippen molar-refractivity contribution in [3.8, 4) is 0 Å². The van der Waals surface area contributed by atoms with Crippen molar-refractivity contribution in [1.82, 2.24) is 0 Å². The van der Waals surface area contributed by atoms with E-state index in [1.807, 2.05) is 46.8 Å². The quantitative estimate of drug-likeness (QED) is 0.786. The maximum atomic E-state index is 12.7. The lowest BCUT2D eigenvalue weighted by Crippen LogP contribution is -2.43. The van der Waals surface area contributed by atoms with Gasteiger partial charge in [-0.3, -0.25) is 0 Å². The fourth-order valence-corrected chi connectivity index (χ4v) is 5.15. The number of nitrogens with one attached hydrogen (secondary N) is 1. The Morgan fingerprint density at radius 2 is 1.83 bits per heavy atom. The minimum Gasteiger partial charge on any atom is -0.383 e. The van der Waals surface area contributed by atoms with E-state index in [0.717, 1.165) is 16.8 Å². The van der Waals surface area contributed by atoms with Crippen LogP contribution in [0.1, 0.15) is 31.9 Å². The first-order valence-electron chi connectivity index (χ1n) is 6.23. The van der Waals surface area contributed by atoms with Crippen molar-refractivity contribution in [2.45, 2.75) is 44.8 Å². The summed E-state index contributed by atoms with van der Waals surface area (Å²) in [7, 11) is -3.25. The van der Waals surface area contributed by atoms with Crippen LogP contribution >= 0.6 is 0 Å². The maximum Gasteiger partial charge on any atom is 0.185 e. The molecule has 1 atom stereocenters. The van der Waals surface area contributed by atoms with Gasteiger partial charge in [-0.25, -0.2) is 8.42 Å². The Labute approximate surface area is 110 Å². The van der Waals surface area contributed by atoms with Gasteiger partial charge in [0.2, 0.25) is 0 Å². The highest BCUT2D eigenvalue weighted by atomic mass is 32.2. The van der Waals surface area contributed by atoms with E-state index in [0.29, 0.717) is 11.4 Å². The van der Waals surface area contributed by atoms with Crippen molar-refractivity contribution in [3.05, 3.63) is 23.3 Å². The molecule has 0 saturated carbocycles. The number of anilines is 1. The summed E-state index contributed by atoms with van der Waals surface area (Å²) < 4.78 is 25.5. The maximum absolute atomic E-state index is 12.7. The topological polar surface area (TPSA) is 46.2 Å². The molecule has 1 aliphatic rings. The number of fused-ring (bicyclic) bond motifs is 1. The number of hydrogen-bond donors (Lipinski definition) is 1. The average molecular weight is 267 g/mol. The highest BCUT2D eigenvalue weighted by Crippen LogP contribution is 2.39. The molecule has 0 aromatic heterocycles. The average Bonchev–Trinajstić information content (AvgIpc) is 2.12. The van der Waals surface area contributed by atoms with Crippen molar-refractivity contribution in [1.29, 1.82) is 0 Å². The van der Waals surface area contributed by atoms with Gasteiger partial charge in [0, 0.05) is 6.54 Å². The summed E-state index contributed by atoms with van der Waals surface area (Å²) in [5.74, 6) is 0. The van der Waals surface area contributed by atoms with Gasteiger partial charge >= 0.3 is 0 Å². The zero-order valence-electron chi connectivity index (χ0n) is 11.7. The van der Waals surface area contributed by atoms with Crippen LogP contribution in [-0.4, -0.2) is 20.2 Å². The Hall–Kier alpha value is -1.03. The summed E-state index contributed by atoms with van der Waals surface area (Å²) in [4.78, 5) is 0.485. The third-order valence-corrected chi connectivity index (χ3v) is 6.26. The fraction of sp³-hybridized carbons (Fsp3) is 0.571. The monoisotopic (exact) mass is 267 g/mol. The second-order valence-corrected chi connectivity index (χ2v) is 8.31. The molecule has 1 aromatic carbocycles. The lowest BCUT2D eigenvalue weighted by Gasteiger charge is -2.35. The van der Waals surface area contributed by atoms with E-state index in [2.05, 4.69) is 5.32 Å². The van der Waals surface area contributed by atoms with Crippen LogP contribution in [0.2, 0.25) is 0 Å². The van der Waals surface area contributed by atoms with Gasteiger partial charge in [0.15, 0.2) is 9.84 Å². The molecule has 1 aromatic rings. The molecule has 4 heteroatoms. The summed E-state index contributed by atoms with van der Waals surface area (Å²) in [6, 6.07) is 3.85. The Morgan fingerprint density at radius 1 is 1.22 bits per heavy atom. The fourth-order valence-electron chi connectivity index (χ4n) is 2.69. The number of hydrogen-bond acceptors (Lipinski definition) is 3. The summed E-state index contributed by atoms with van der Waals surface area (Å²) in [6.07, 6.45) is 0. The SMILES string of the molecule is Cc1cc(C)c2c(c1)NCC(C(C)(C)C)S2(=O)=O. The molecule has 18 heavy (non-hydrogen) atoms. The molecule has 1 heterocycles. The molecule has 0 spiro atoms. The number of sulfone groups is 1. The molecule has 0 aliphatic carbocycles. The predicted molar refractivity (Wildman–Crippen MR) is 74.8 cm³/mol. The van der Waals surface area contributed by atoms with E-state index in [1.54, 1.807) is 0 Å². The molecule has 1 N–H and O–H groups in total. The van der Waals surface area contributed by atoms with Crippen molar-refractivity contribution in [3.63, 3.8) is 0 Å². The molecule has 1 unspecified atom stereocenters. The van der Waals surface area contributed by atoms with E-state index < -0.39 is 9.84 Å². The van der Waals surface area contributed by atoms with Gasteiger partial charge in [-0.05, 0) is 36.5 Å². The molecule has 3 nitrogen and oxygen atoms in total. The van der Waals surface area contributed by atoms with Crippen LogP contribution < -0.4 is 5.32 Å². The van der Waals surface area contributed by atoms with Crippen LogP contribution in [0.4, 0.5) is 5.69 Å². The van der Waals surface area contributed by atoms with E-state index in [9.17, 15) is 8.42 Å². The molecule has 2 rings (SSSR count). The highest BCUT2D eigenvalue weighted by Gasteiger charge is 2.42. The van der Waals surface area contributed by atoms with Crippen molar-refractivity contribution in [2.75, 3.05) is 11.9 Å². The zero-order chi connectivity index (χ0) is 13.7. The van der Waals surface area contributed by atoms with Crippen LogP contribution in [0.15, 0.2) is 17.0 Å². The smallest absolute Gasteiger partial charge is 0.185 e. The largest absolute Gasteiger partial charge is 0.383 e. The Kier molecular flexibility index (Phi) is 2.97. The first-order chi connectivity index (χ1) is 8.14. The molecule has 0 bridgehead atoms. The molecular formula is C14H21NO2S. The van der Waals surface area contributed by atoms with Crippen LogP contribution in [0, 0.1) is 19.3 Å². The minimum absolute atomic E-state index is 0.263. The lowest BCUT2D eigenvalue weighted by molar-refractivity contribution is 0.382. The zero-order valence-corrected chi connectivity index (χ0v) is 12.5. The Morgan fingerprint density at radius 3 is 2.39 bits per heavy atom. The van der Waals surface area contributed by atoms with Crippen LogP contribution in [0.3, 0.4) is 0 Å². The third kappa shape index (κ3) is 2.03. The summed E-state index contributed by atoms with van der Waals surface area (Å²) in [5, 5.41) is 2.90. The molecular weight excluding hydrogens is 246 g/mol. The van der Waals surface area contributed by atoms with Gasteiger partial charge < -0.3 is 5.32 Å². The number of aryl methyl sites for hydroxylation is 2. The first kappa shape index (κ1) is 13.4. The Balaban J connectivity index is 2.66. The van der Waals surface area contributed by atoms with Crippen LogP contribution in [0.25, 0.3) is 0 Å². The van der Waals surface area contributed by atoms with E-state index in [4.69, 9.17) is 0 Å². The summed E-state index contributed by atoms with van der Waals surface area (Å²) in [6.45, 7) is 10.3. The number of benzene rings is 1. The summed E-state index contributed by atoms with van der Waals surface area (Å²) >= 11 is 0. The van der Waals surface area contributed by atoms with Gasteiger partial charge in [-0.15, -0.1) is 0 Å². The predicted octanol–water partition coefficient (Wildman–Crippen LogP) is 2.92. The highest BCUT2D eigenvalue weighted by molar-refractivity contribution is 7.92. The van der Waals surface area contributed by atoms with Gasteiger partial charge in [0.1, 0.15) is 0 Å². The normalized spacial score (nSPS) is 22.2. The van der Waals surface area contributed by atoms with Crippen molar-refractivity contribution < 1.29 is 8.42 Å². The van der Waals surface area contributed by atoms with Gasteiger partial charge in [0.25, 0.3) is 0 Å². The molecule has 1 aliphatic heterocycles. The Bertz CT molecular complexity index is 583. The van der Waals surface area contributed by atoms with Gasteiger partial charge in [-0.2, -0.15) is 0 Å². The van der Waals surface area contributed by atoms with Gasteiger partial charge in [-0.1, -0.05) is 26.8 Å². The molecule has 0 radical (unpaired) electrons. The van der Waals surface area contributed by atoms with Crippen LogP contribution in [0.5, 0.6) is 0 Å². The second kappa shape index (κ2) is 3.98. The van der Waals surface area contributed by atoms with E-state index in [-0.39, 0.29) is 10.7 Å². The second-order valence-electron chi connectivity index (χ2n) is 6.24. The minimum atomic E-state index is -3.25. The third-order valence-electron chi connectivity index (χ3n) is 3.52. The standard InChI is InChI=1S/C14H21NO2S/c1-9-6-10(2)13-11(7-9)15-8-12(14(3,4)5)18(13,16)17/h6-7,12,15H,8H2,1-5H3.